The van der Waals surface area contributed by atoms with Crippen molar-refractivity contribution in [3.05, 3.63) is 59.7 Å². The molecule has 2 aromatic carbocycles. The standard InChI is InChI=1S/C26H30F3N3O3/c1-2-35-23-9-4-3-8-22(23)32-17-19(15-24(32)33)25(34)30-21-10-12-31(13-11-21)16-18-6-5-7-20(14-18)26(27,28)29/h3-9,14,19,21H,2,10-13,15-17H2,1H3,(H,30,34). The molecule has 2 saturated heterocycles. The van der Waals surface area contributed by atoms with Gasteiger partial charge in [-0.25, -0.2) is 0 Å². The summed E-state index contributed by atoms with van der Waals surface area (Å²) in [6.07, 6.45) is -2.78. The summed E-state index contributed by atoms with van der Waals surface area (Å²) < 4.78 is 44.5. The van der Waals surface area contributed by atoms with E-state index >= 15 is 0 Å². The van der Waals surface area contributed by atoms with Crippen molar-refractivity contribution in [1.29, 1.82) is 0 Å². The van der Waals surface area contributed by atoms with Gasteiger partial charge in [0.2, 0.25) is 11.8 Å². The lowest BCUT2D eigenvalue weighted by molar-refractivity contribution is -0.137. The maximum absolute atomic E-state index is 13.0. The molecule has 0 aliphatic carbocycles. The van der Waals surface area contributed by atoms with Gasteiger partial charge in [0.25, 0.3) is 0 Å². The highest BCUT2D eigenvalue weighted by Gasteiger charge is 2.37. The van der Waals surface area contributed by atoms with Crippen molar-refractivity contribution in [3.63, 3.8) is 0 Å². The number of nitrogens with one attached hydrogen (secondary N) is 1. The molecular formula is C26H30F3N3O3. The van der Waals surface area contributed by atoms with Crippen LogP contribution in [0.1, 0.15) is 37.3 Å². The zero-order valence-electron chi connectivity index (χ0n) is 19.7. The molecule has 0 saturated carbocycles. The Morgan fingerprint density at radius 1 is 1.11 bits per heavy atom. The topological polar surface area (TPSA) is 61.9 Å². The number of hydrogen-bond acceptors (Lipinski definition) is 4. The molecule has 6 nitrogen and oxygen atoms in total. The largest absolute Gasteiger partial charge is 0.492 e. The van der Waals surface area contributed by atoms with Crippen LogP contribution in [-0.2, 0) is 22.3 Å². The average molecular weight is 490 g/mol. The molecule has 2 fully saturated rings. The van der Waals surface area contributed by atoms with E-state index in [-0.39, 0.29) is 24.3 Å². The SMILES string of the molecule is CCOc1ccccc1N1CC(C(=O)NC2CCN(Cc3cccc(C(F)(F)F)c3)CC2)CC1=O. The molecule has 2 aliphatic heterocycles. The highest BCUT2D eigenvalue weighted by atomic mass is 19.4. The van der Waals surface area contributed by atoms with E-state index in [2.05, 4.69) is 10.2 Å². The molecule has 0 radical (unpaired) electrons. The summed E-state index contributed by atoms with van der Waals surface area (Å²) in [6.45, 7) is 4.47. The van der Waals surface area contributed by atoms with Crippen molar-refractivity contribution in [2.45, 2.75) is 44.9 Å². The number of carbonyl (C=O) groups excluding carboxylic acids is 2. The van der Waals surface area contributed by atoms with Crippen molar-refractivity contribution in [2.75, 3.05) is 31.1 Å². The number of alkyl halides is 3. The Bertz CT molecular complexity index is 1050. The van der Waals surface area contributed by atoms with E-state index in [1.807, 2.05) is 31.2 Å². The number of piperidine rings is 1. The van der Waals surface area contributed by atoms with Gasteiger partial charge in [-0.1, -0.05) is 30.3 Å². The third-order valence-electron chi connectivity index (χ3n) is 6.55. The smallest absolute Gasteiger partial charge is 0.416 e. The van der Waals surface area contributed by atoms with Gasteiger partial charge >= 0.3 is 6.18 Å². The van der Waals surface area contributed by atoms with Crippen LogP contribution in [0.2, 0.25) is 0 Å². The summed E-state index contributed by atoms with van der Waals surface area (Å²) in [5.41, 5.74) is 0.665. The minimum absolute atomic E-state index is 0.0138. The Balaban J connectivity index is 1.28. The molecule has 2 aromatic rings. The summed E-state index contributed by atoms with van der Waals surface area (Å²) in [7, 11) is 0. The first-order chi connectivity index (χ1) is 16.7. The maximum Gasteiger partial charge on any atom is 0.416 e. The van der Waals surface area contributed by atoms with Crippen LogP contribution in [-0.4, -0.2) is 49.0 Å². The van der Waals surface area contributed by atoms with Crippen LogP contribution in [0.15, 0.2) is 48.5 Å². The van der Waals surface area contributed by atoms with E-state index < -0.39 is 17.7 Å². The summed E-state index contributed by atoms with van der Waals surface area (Å²) in [4.78, 5) is 29.3. The van der Waals surface area contributed by atoms with E-state index in [0.717, 1.165) is 6.07 Å². The van der Waals surface area contributed by atoms with Gasteiger partial charge in [0.15, 0.2) is 0 Å². The van der Waals surface area contributed by atoms with E-state index in [0.29, 0.717) is 62.6 Å². The minimum Gasteiger partial charge on any atom is -0.492 e. The molecule has 1 N–H and O–H groups in total. The quantitative estimate of drug-likeness (QED) is 0.632. The third-order valence-corrected chi connectivity index (χ3v) is 6.55. The second-order valence-electron chi connectivity index (χ2n) is 9.06. The van der Waals surface area contributed by atoms with Gasteiger partial charge < -0.3 is 15.0 Å². The third kappa shape index (κ3) is 6.14. The summed E-state index contributed by atoms with van der Waals surface area (Å²) in [5, 5.41) is 3.08. The van der Waals surface area contributed by atoms with E-state index in [1.165, 1.54) is 12.1 Å². The fourth-order valence-electron chi connectivity index (χ4n) is 4.73. The fraction of sp³-hybridized carbons (Fsp3) is 0.462. The normalized spacial score (nSPS) is 19.7. The van der Waals surface area contributed by atoms with Gasteiger partial charge in [-0.05, 0) is 43.5 Å². The summed E-state index contributed by atoms with van der Waals surface area (Å²) in [5.74, 6) is -0.0443. The zero-order chi connectivity index (χ0) is 25.0. The van der Waals surface area contributed by atoms with Gasteiger partial charge in [0, 0.05) is 38.6 Å². The molecule has 0 bridgehead atoms. The Morgan fingerprint density at radius 2 is 1.86 bits per heavy atom. The van der Waals surface area contributed by atoms with E-state index in [1.54, 1.807) is 11.0 Å². The molecule has 0 spiro atoms. The number of benzene rings is 2. The van der Waals surface area contributed by atoms with Crippen molar-refractivity contribution < 1.29 is 27.5 Å². The predicted molar refractivity (Wildman–Crippen MR) is 126 cm³/mol. The number of likely N-dealkylation sites (tertiary alicyclic amines) is 1. The lowest BCUT2D eigenvalue weighted by atomic mass is 10.0. The summed E-state index contributed by atoms with van der Waals surface area (Å²) in [6, 6.07) is 12.7. The molecule has 2 amide bonds. The molecule has 1 unspecified atom stereocenters. The molecule has 2 aliphatic rings. The van der Waals surface area contributed by atoms with Gasteiger partial charge in [-0.2, -0.15) is 13.2 Å². The van der Waals surface area contributed by atoms with Crippen LogP contribution in [0.5, 0.6) is 5.75 Å². The molecule has 0 aromatic heterocycles. The van der Waals surface area contributed by atoms with Crippen LogP contribution in [0.3, 0.4) is 0 Å². The number of nitrogens with zero attached hydrogens (tertiary/aromatic N) is 2. The molecule has 2 heterocycles. The second-order valence-corrected chi connectivity index (χ2v) is 9.06. The fourth-order valence-corrected chi connectivity index (χ4v) is 4.73. The number of ether oxygens (including phenoxy) is 1. The number of carbonyl (C=O) groups is 2. The Hall–Kier alpha value is -3.07. The molecule has 9 heteroatoms. The van der Waals surface area contributed by atoms with Gasteiger partial charge in [0.1, 0.15) is 5.75 Å². The Kier molecular flexibility index (Phi) is 7.64. The first-order valence-electron chi connectivity index (χ1n) is 12.0. The van der Waals surface area contributed by atoms with Crippen LogP contribution < -0.4 is 15.0 Å². The first-order valence-corrected chi connectivity index (χ1v) is 12.0. The molecular weight excluding hydrogens is 459 g/mol. The molecule has 35 heavy (non-hydrogen) atoms. The minimum atomic E-state index is -4.35. The number of anilines is 1. The number of hydrogen-bond donors (Lipinski definition) is 1. The predicted octanol–water partition coefficient (Wildman–Crippen LogP) is 4.24. The van der Waals surface area contributed by atoms with E-state index in [9.17, 15) is 22.8 Å². The van der Waals surface area contributed by atoms with Crippen molar-refractivity contribution in [3.8, 4) is 5.75 Å². The van der Waals surface area contributed by atoms with Gasteiger partial charge in [-0.15, -0.1) is 0 Å². The van der Waals surface area contributed by atoms with Crippen LogP contribution in [0.25, 0.3) is 0 Å². The lowest BCUT2D eigenvalue weighted by Crippen LogP contribution is -2.46. The number of rotatable bonds is 7. The lowest BCUT2D eigenvalue weighted by Gasteiger charge is -2.33. The molecule has 188 valence electrons. The van der Waals surface area contributed by atoms with Crippen molar-refractivity contribution in [2.24, 2.45) is 5.92 Å². The zero-order valence-corrected chi connectivity index (χ0v) is 19.7. The van der Waals surface area contributed by atoms with Crippen LogP contribution in [0, 0.1) is 5.92 Å². The Labute approximate surface area is 203 Å². The number of halogens is 3. The number of amides is 2. The molecule has 4 rings (SSSR count). The average Bonchev–Trinajstić information content (AvgIpc) is 3.22. The van der Waals surface area contributed by atoms with Gasteiger partial charge in [0.05, 0.1) is 23.8 Å². The van der Waals surface area contributed by atoms with Crippen LogP contribution >= 0.6 is 0 Å². The summed E-state index contributed by atoms with van der Waals surface area (Å²) >= 11 is 0. The van der Waals surface area contributed by atoms with E-state index in [4.69, 9.17) is 4.74 Å². The first kappa shape index (κ1) is 25.0. The Morgan fingerprint density at radius 3 is 2.57 bits per heavy atom. The highest BCUT2D eigenvalue weighted by molar-refractivity contribution is 6.01. The van der Waals surface area contributed by atoms with Crippen molar-refractivity contribution in [1.82, 2.24) is 10.2 Å². The monoisotopic (exact) mass is 489 g/mol. The molecule has 1 atom stereocenters. The van der Waals surface area contributed by atoms with Gasteiger partial charge in [-0.3, -0.25) is 14.5 Å². The van der Waals surface area contributed by atoms with Crippen LogP contribution in [0.4, 0.5) is 18.9 Å². The second kappa shape index (κ2) is 10.7. The number of para-hydroxylation sites is 2. The maximum atomic E-state index is 13.0. The van der Waals surface area contributed by atoms with Crippen molar-refractivity contribution >= 4 is 17.5 Å². The highest BCUT2D eigenvalue weighted by Crippen LogP contribution is 2.33.